The first-order valence-electron chi connectivity index (χ1n) is 7.12. The van der Waals surface area contributed by atoms with Crippen LogP contribution < -0.4 is 11.3 Å². The molecule has 3 rings (SSSR count). The summed E-state index contributed by atoms with van der Waals surface area (Å²) >= 11 is 0. The largest absolute Gasteiger partial charge is 0.271 e. The van der Waals surface area contributed by atoms with Gasteiger partial charge >= 0.3 is 0 Å². The standard InChI is InChI=1S/C18H19N3/c1-13-4-2-5-14(10-13)11-18(21-19)16-7-3-6-15-8-9-20-12-17(15)16/h2-10,12,18,21H,11,19H2,1H3. The molecule has 0 radical (unpaired) electrons. The Morgan fingerprint density at radius 3 is 2.81 bits per heavy atom. The number of hydrogen-bond donors (Lipinski definition) is 2. The SMILES string of the molecule is Cc1cccc(CC(NN)c2cccc3ccncc23)c1. The second-order valence-electron chi connectivity index (χ2n) is 5.36. The van der Waals surface area contributed by atoms with Crippen molar-refractivity contribution in [1.29, 1.82) is 0 Å². The van der Waals surface area contributed by atoms with Crippen LogP contribution >= 0.6 is 0 Å². The van der Waals surface area contributed by atoms with Crippen LogP contribution in [-0.4, -0.2) is 4.98 Å². The first-order chi connectivity index (χ1) is 10.3. The minimum atomic E-state index is 0.0692. The van der Waals surface area contributed by atoms with E-state index in [4.69, 9.17) is 5.84 Å². The van der Waals surface area contributed by atoms with Crippen molar-refractivity contribution in [2.24, 2.45) is 5.84 Å². The minimum absolute atomic E-state index is 0.0692. The van der Waals surface area contributed by atoms with E-state index in [-0.39, 0.29) is 6.04 Å². The summed E-state index contributed by atoms with van der Waals surface area (Å²) in [6.45, 7) is 2.11. The molecule has 3 N–H and O–H groups in total. The fraction of sp³-hybridized carbons (Fsp3) is 0.167. The highest BCUT2D eigenvalue weighted by Gasteiger charge is 2.13. The van der Waals surface area contributed by atoms with Gasteiger partial charge in [0.25, 0.3) is 0 Å². The Morgan fingerprint density at radius 2 is 2.00 bits per heavy atom. The van der Waals surface area contributed by atoms with E-state index < -0.39 is 0 Å². The fourth-order valence-electron chi connectivity index (χ4n) is 2.77. The molecule has 106 valence electrons. The second-order valence-corrected chi connectivity index (χ2v) is 5.36. The van der Waals surface area contributed by atoms with Gasteiger partial charge in [0, 0.05) is 17.8 Å². The molecule has 3 heteroatoms. The lowest BCUT2D eigenvalue weighted by molar-refractivity contribution is 0.555. The van der Waals surface area contributed by atoms with E-state index in [0.29, 0.717) is 0 Å². The number of hydrazine groups is 1. The van der Waals surface area contributed by atoms with Gasteiger partial charge < -0.3 is 0 Å². The topological polar surface area (TPSA) is 50.9 Å². The number of nitrogens with zero attached hydrogens (tertiary/aromatic N) is 1. The van der Waals surface area contributed by atoms with E-state index in [1.807, 2.05) is 18.5 Å². The lowest BCUT2D eigenvalue weighted by atomic mass is 9.95. The van der Waals surface area contributed by atoms with E-state index in [0.717, 1.165) is 11.8 Å². The Kier molecular flexibility index (Phi) is 3.95. The summed E-state index contributed by atoms with van der Waals surface area (Å²) in [5.74, 6) is 5.81. The van der Waals surface area contributed by atoms with Crippen LogP contribution in [0.4, 0.5) is 0 Å². The maximum absolute atomic E-state index is 5.81. The van der Waals surface area contributed by atoms with Crippen LogP contribution in [0.25, 0.3) is 10.8 Å². The molecule has 0 bridgehead atoms. The Balaban J connectivity index is 1.98. The summed E-state index contributed by atoms with van der Waals surface area (Å²) < 4.78 is 0. The summed E-state index contributed by atoms with van der Waals surface area (Å²) in [6, 6.07) is 16.9. The molecule has 1 heterocycles. The van der Waals surface area contributed by atoms with E-state index >= 15 is 0 Å². The molecule has 3 aromatic rings. The van der Waals surface area contributed by atoms with Gasteiger partial charge in [-0.2, -0.15) is 0 Å². The van der Waals surface area contributed by atoms with Gasteiger partial charge in [0.15, 0.2) is 0 Å². The molecule has 2 aromatic carbocycles. The van der Waals surface area contributed by atoms with Crippen molar-refractivity contribution in [3.05, 3.63) is 77.6 Å². The summed E-state index contributed by atoms with van der Waals surface area (Å²) in [7, 11) is 0. The molecule has 0 aliphatic carbocycles. The van der Waals surface area contributed by atoms with E-state index in [1.165, 1.54) is 22.1 Å². The third-order valence-corrected chi connectivity index (χ3v) is 3.82. The molecule has 0 amide bonds. The number of hydrogen-bond acceptors (Lipinski definition) is 3. The summed E-state index contributed by atoms with van der Waals surface area (Å²) in [5.41, 5.74) is 6.68. The molecular formula is C18H19N3. The van der Waals surface area contributed by atoms with Crippen LogP contribution in [0.5, 0.6) is 0 Å². The van der Waals surface area contributed by atoms with Crippen LogP contribution in [0.15, 0.2) is 60.9 Å². The third kappa shape index (κ3) is 2.94. The first-order valence-corrected chi connectivity index (χ1v) is 7.12. The predicted molar refractivity (Wildman–Crippen MR) is 86.7 cm³/mol. The minimum Gasteiger partial charge on any atom is -0.271 e. The zero-order valence-corrected chi connectivity index (χ0v) is 12.1. The maximum atomic E-state index is 5.81. The molecule has 0 aliphatic rings. The van der Waals surface area contributed by atoms with E-state index in [2.05, 4.69) is 59.8 Å². The molecule has 0 spiro atoms. The number of rotatable bonds is 4. The summed E-state index contributed by atoms with van der Waals surface area (Å²) in [5, 5.41) is 2.34. The van der Waals surface area contributed by atoms with E-state index in [1.54, 1.807) is 0 Å². The number of benzene rings is 2. The molecule has 0 saturated carbocycles. The molecule has 1 aromatic heterocycles. The number of aromatic nitrogens is 1. The van der Waals surface area contributed by atoms with Crippen molar-refractivity contribution < 1.29 is 0 Å². The van der Waals surface area contributed by atoms with Gasteiger partial charge in [0.2, 0.25) is 0 Å². The first kappa shape index (κ1) is 13.7. The van der Waals surface area contributed by atoms with Gasteiger partial charge in [0.1, 0.15) is 0 Å². The zero-order chi connectivity index (χ0) is 14.7. The Hall–Kier alpha value is -2.23. The lowest BCUT2D eigenvalue weighted by Crippen LogP contribution is -2.29. The molecule has 0 aliphatic heterocycles. The number of pyridine rings is 1. The highest BCUT2D eigenvalue weighted by atomic mass is 15.2. The van der Waals surface area contributed by atoms with Crippen molar-refractivity contribution in [2.75, 3.05) is 0 Å². The Morgan fingerprint density at radius 1 is 1.14 bits per heavy atom. The van der Waals surface area contributed by atoms with Crippen molar-refractivity contribution in [3.63, 3.8) is 0 Å². The normalized spacial score (nSPS) is 12.5. The van der Waals surface area contributed by atoms with Crippen LogP contribution in [0.3, 0.4) is 0 Å². The highest BCUT2D eigenvalue weighted by Crippen LogP contribution is 2.25. The van der Waals surface area contributed by atoms with Gasteiger partial charge in [-0.1, -0.05) is 48.0 Å². The Labute approximate surface area is 124 Å². The number of nitrogens with one attached hydrogen (secondary N) is 1. The zero-order valence-electron chi connectivity index (χ0n) is 12.1. The summed E-state index contributed by atoms with van der Waals surface area (Å²) in [6.07, 6.45) is 4.58. The van der Waals surface area contributed by atoms with Crippen molar-refractivity contribution in [2.45, 2.75) is 19.4 Å². The maximum Gasteiger partial charge on any atom is 0.0507 e. The van der Waals surface area contributed by atoms with Gasteiger partial charge in [-0.15, -0.1) is 0 Å². The van der Waals surface area contributed by atoms with Crippen LogP contribution in [-0.2, 0) is 6.42 Å². The highest BCUT2D eigenvalue weighted by molar-refractivity contribution is 5.85. The van der Waals surface area contributed by atoms with Crippen molar-refractivity contribution in [1.82, 2.24) is 10.4 Å². The van der Waals surface area contributed by atoms with Gasteiger partial charge in [-0.25, -0.2) is 0 Å². The number of fused-ring (bicyclic) bond motifs is 1. The average molecular weight is 277 g/mol. The smallest absolute Gasteiger partial charge is 0.0507 e. The quantitative estimate of drug-likeness (QED) is 0.568. The third-order valence-electron chi connectivity index (χ3n) is 3.82. The average Bonchev–Trinajstić information content (AvgIpc) is 2.52. The predicted octanol–water partition coefficient (Wildman–Crippen LogP) is 3.29. The monoisotopic (exact) mass is 277 g/mol. The van der Waals surface area contributed by atoms with Crippen LogP contribution in [0.1, 0.15) is 22.7 Å². The molecule has 1 unspecified atom stereocenters. The van der Waals surface area contributed by atoms with Crippen molar-refractivity contribution in [3.8, 4) is 0 Å². The fourth-order valence-corrected chi connectivity index (χ4v) is 2.77. The molecule has 0 fully saturated rings. The molecule has 3 nitrogen and oxygen atoms in total. The molecular weight excluding hydrogens is 258 g/mol. The molecule has 0 saturated heterocycles. The van der Waals surface area contributed by atoms with Crippen LogP contribution in [0, 0.1) is 6.92 Å². The number of nitrogens with two attached hydrogens (primary N) is 1. The van der Waals surface area contributed by atoms with Gasteiger partial charge in [-0.3, -0.25) is 16.3 Å². The summed E-state index contributed by atoms with van der Waals surface area (Å²) in [4.78, 5) is 4.24. The van der Waals surface area contributed by atoms with Crippen molar-refractivity contribution >= 4 is 10.8 Å². The van der Waals surface area contributed by atoms with Gasteiger partial charge in [0.05, 0.1) is 6.04 Å². The van der Waals surface area contributed by atoms with E-state index in [9.17, 15) is 0 Å². The van der Waals surface area contributed by atoms with Gasteiger partial charge in [-0.05, 0) is 35.9 Å². The molecule has 21 heavy (non-hydrogen) atoms. The number of aryl methyl sites for hydroxylation is 1. The second kappa shape index (κ2) is 6.04. The molecule has 1 atom stereocenters. The van der Waals surface area contributed by atoms with Crippen LogP contribution in [0.2, 0.25) is 0 Å². The Bertz CT molecular complexity index is 747. The lowest BCUT2D eigenvalue weighted by Gasteiger charge is -2.18.